The minimum absolute atomic E-state index is 0.0219. The van der Waals surface area contributed by atoms with Crippen LogP contribution in [0.1, 0.15) is 34.1 Å². The maximum atomic E-state index is 12.9. The largest absolute Gasteiger partial charge is 0.497 e. The molecule has 2 aromatic heterocycles. The van der Waals surface area contributed by atoms with Gasteiger partial charge >= 0.3 is 0 Å². The average Bonchev–Trinajstić information content (AvgIpc) is 3.32. The molecule has 27 heavy (non-hydrogen) atoms. The summed E-state index contributed by atoms with van der Waals surface area (Å²) in [6, 6.07) is 16.1. The number of aromatic amines is 1. The van der Waals surface area contributed by atoms with Crippen molar-refractivity contribution < 1.29 is 9.53 Å². The standard InChI is InChI=1S/C22H21N3O2/c1-25-11-10-23-22(25)21(26)13-17(15-6-4-3-5-7-15)19-14-24-20-9-8-16(27-2)12-18(19)20/h3-12,14,17,24H,13H2,1-2H3. The van der Waals surface area contributed by atoms with Gasteiger partial charge in [0.1, 0.15) is 5.75 Å². The van der Waals surface area contributed by atoms with Crippen LogP contribution in [-0.2, 0) is 7.05 Å². The quantitative estimate of drug-likeness (QED) is 0.522. The summed E-state index contributed by atoms with van der Waals surface area (Å²) in [6.07, 6.45) is 5.79. The molecule has 0 bridgehead atoms. The Morgan fingerprint density at radius 1 is 1.22 bits per heavy atom. The number of nitrogens with zero attached hydrogens (tertiary/aromatic N) is 2. The molecule has 1 N–H and O–H groups in total. The number of ketones is 1. The van der Waals surface area contributed by atoms with E-state index in [4.69, 9.17) is 4.74 Å². The molecule has 1 atom stereocenters. The lowest BCUT2D eigenvalue weighted by Gasteiger charge is -2.17. The molecule has 0 amide bonds. The first-order valence-corrected chi connectivity index (χ1v) is 8.88. The number of rotatable bonds is 6. The average molecular weight is 359 g/mol. The van der Waals surface area contributed by atoms with Crippen molar-refractivity contribution in [1.82, 2.24) is 14.5 Å². The summed E-state index contributed by atoms with van der Waals surface area (Å²) in [7, 11) is 3.50. The Kier molecular flexibility index (Phi) is 4.50. The number of methoxy groups -OCH3 is 1. The van der Waals surface area contributed by atoms with Crippen LogP contribution in [0.4, 0.5) is 0 Å². The van der Waals surface area contributed by atoms with E-state index in [1.165, 1.54) is 0 Å². The van der Waals surface area contributed by atoms with E-state index < -0.39 is 0 Å². The molecule has 0 saturated heterocycles. The van der Waals surface area contributed by atoms with Gasteiger partial charge in [-0.3, -0.25) is 4.79 Å². The fourth-order valence-electron chi connectivity index (χ4n) is 3.54. The van der Waals surface area contributed by atoms with Gasteiger partial charge < -0.3 is 14.3 Å². The molecule has 5 heteroatoms. The number of H-pyrrole nitrogens is 1. The summed E-state index contributed by atoms with van der Waals surface area (Å²) in [5, 5.41) is 1.07. The zero-order valence-electron chi connectivity index (χ0n) is 15.3. The van der Waals surface area contributed by atoms with E-state index in [0.29, 0.717) is 12.2 Å². The van der Waals surface area contributed by atoms with Crippen molar-refractivity contribution in [3.8, 4) is 5.75 Å². The smallest absolute Gasteiger partial charge is 0.199 e. The fraction of sp³-hybridized carbons (Fsp3) is 0.182. The number of aromatic nitrogens is 3. The first-order valence-electron chi connectivity index (χ1n) is 8.88. The van der Waals surface area contributed by atoms with Crippen LogP contribution in [0.15, 0.2) is 67.1 Å². The highest BCUT2D eigenvalue weighted by molar-refractivity contribution is 5.94. The van der Waals surface area contributed by atoms with Gasteiger partial charge in [0.2, 0.25) is 0 Å². The highest BCUT2D eigenvalue weighted by atomic mass is 16.5. The fourth-order valence-corrected chi connectivity index (χ4v) is 3.54. The van der Waals surface area contributed by atoms with E-state index in [0.717, 1.165) is 27.8 Å². The Labute approximate surface area is 157 Å². The third-order valence-corrected chi connectivity index (χ3v) is 4.96. The van der Waals surface area contributed by atoms with Crippen LogP contribution in [0.25, 0.3) is 10.9 Å². The summed E-state index contributed by atoms with van der Waals surface area (Å²) in [5.41, 5.74) is 3.21. The van der Waals surface area contributed by atoms with E-state index in [1.807, 2.05) is 49.6 Å². The number of ether oxygens (including phenoxy) is 1. The van der Waals surface area contributed by atoms with Gasteiger partial charge in [-0.2, -0.15) is 0 Å². The van der Waals surface area contributed by atoms with Gasteiger partial charge in [-0.25, -0.2) is 4.98 Å². The molecule has 0 aliphatic heterocycles. The van der Waals surface area contributed by atoms with Crippen molar-refractivity contribution in [1.29, 1.82) is 0 Å². The number of carbonyl (C=O) groups is 1. The second-order valence-corrected chi connectivity index (χ2v) is 6.61. The number of fused-ring (bicyclic) bond motifs is 1. The van der Waals surface area contributed by atoms with Crippen LogP contribution >= 0.6 is 0 Å². The SMILES string of the molecule is COc1ccc2[nH]cc(C(CC(=O)c3nccn3C)c3ccccc3)c2c1. The van der Waals surface area contributed by atoms with Crippen molar-refractivity contribution in [2.45, 2.75) is 12.3 Å². The lowest BCUT2D eigenvalue weighted by atomic mass is 9.86. The maximum absolute atomic E-state index is 12.9. The van der Waals surface area contributed by atoms with Gasteiger partial charge in [0.05, 0.1) is 7.11 Å². The minimum atomic E-state index is -0.0729. The van der Waals surface area contributed by atoms with Gasteiger partial charge in [-0.05, 0) is 29.3 Å². The van der Waals surface area contributed by atoms with Crippen LogP contribution in [0, 0.1) is 0 Å². The number of Topliss-reactive ketones (excluding diaryl/α,β-unsaturated/α-hetero) is 1. The van der Waals surface area contributed by atoms with Gasteiger partial charge in [0.25, 0.3) is 0 Å². The first kappa shape index (κ1) is 17.1. The second kappa shape index (κ2) is 7.11. The number of hydrogen-bond donors (Lipinski definition) is 1. The van der Waals surface area contributed by atoms with E-state index in [2.05, 4.69) is 22.1 Å². The van der Waals surface area contributed by atoms with Crippen molar-refractivity contribution in [3.63, 3.8) is 0 Å². The van der Waals surface area contributed by atoms with Crippen molar-refractivity contribution >= 4 is 16.7 Å². The Morgan fingerprint density at radius 2 is 2.04 bits per heavy atom. The third kappa shape index (κ3) is 3.24. The zero-order valence-corrected chi connectivity index (χ0v) is 15.3. The molecule has 5 nitrogen and oxygen atoms in total. The second-order valence-electron chi connectivity index (χ2n) is 6.61. The van der Waals surface area contributed by atoms with Crippen molar-refractivity contribution in [2.24, 2.45) is 7.05 Å². The van der Waals surface area contributed by atoms with Gasteiger partial charge in [0.15, 0.2) is 11.6 Å². The van der Waals surface area contributed by atoms with Gasteiger partial charge in [0, 0.05) is 48.9 Å². The van der Waals surface area contributed by atoms with Crippen LogP contribution in [0.5, 0.6) is 5.75 Å². The lowest BCUT2D eigenvalue weighted by Crippen LogP contribution is -2.13. The molecule has 0 spiro atoms. The molecule has 0 fully saturated rings. The van der Waals surface area contributed by atoms with E-state index in [-0.39, 0.29) is 11.7 Å². The highest BCUT2D eigenvalue weighted by Crippen LogP contribution is 2.35. The Bertz CT molecular complexity index is 1080. The Hall–Kier alpha value is -3.34. The molecule has 4 aromatic rings. The van der Waals surface area contributed by atoms with Crippen molar-refractivity contribution in [2.75, 3.05) is 7.11 Å². The van der Waals surface area contributed by atoms with E-state index >= 15 is 0 Å². The van der Waals surface area contributed by atoms with E-state index in [9.17, 15) is 4.79 Å². The molecule has 1 unspecified atom stereocenters. The summed E-state index contributed by atoms with van der Waals surface area (Å²) < 4.78 is 7.16. The van der Waals surface area contributed by atoms with Crippen LogP contribution < -0.4 is 4.74 Å². The summed E-state index contributed by atoms with van der Waals surface area (Å²) in [4.78, 5) is 20.5. The molecule has 0 aliphatic carbocycles. The molecule has 0 aliphatic rings. The number of carbonyl (C=O) groups excluding carboxylic acids is 1. The molecular formula is C22H21N3O2. The first-order chi connectivity index (χ1) is 13.2. The predicted octanol–water partition coefficient (Wildman–Crippen LogP) is 4.31. The number of hydrogen-bond acceptors (Lipinski definition) is 3. The highest BCUT2D eigenvalue weighted by Gasteiger charge is 2.24. The topological polar surface area (TPSA) is 59.9 Å². The Morgan fingerprint density at radius 3 is 2.74 bits per heavy atom. The van der Waals surface area contributed by atoms with Crippen molar-refractivity contribution in [3.05, 3.63) is 84.1 Å². The molecular weight excluding hydrogens is 338 g/mol. The number of benzene rings is 2. The molecule has 136 valence electrons. The minimum Gasteiger partial charge on any atom is -0.497 e. The number of imidazole rings is 1. The summed E-state index contributed by atoms with van der Waals surface area (Å²) in [6.45, 7) is 0. The normalized spacial score (nSPS) is 12.2. The van der Waals surface area contributed by atoms with Crippen LogP contribution in [0.3, 0.4) is 0 Å². The number of nitrogens with one attached hydrogen (secondary N) is 1. The van der Waals surface area contributed by atoms with Gasteiger partial charge in [-0.1, -0.05) is 30.3 Å². The number of aryl methyl sites for hydroxylation is 1. The maximum Gasteiger partial charge on any atom is 0.199 e. The summed E-state index contributed by atoms with van der Waals surface area (Å²) >= 11 is 0. The van der Waals surface area contributed by atoms with Crippen LogP contribution in [0.2, 0.25) is 0 Å². The zero-order chi connectivity index (χ0) is 18.8. The molecule has 2 heterocycles. The monoisotopic (exact) mass is 359 g/mol. The van der Waals surface area contributed by atoms with Gasteiger partial charge in [-0.15, -0.1) is 0 Å². The molecule has 0 saturated carbocycles. The predicted molar refractivity (Wildman–Crippen MR) is 105 cm³/mol. The van der Waals surface area contributed by atoms with Crippen LogP contribution in [-0.4, -0.2) is 27.4 Å². The Balaban J connectivity index is 1.79. The molecule has 2 aromatic carbocycles. The molecule has 0 radical (unpaired) electrons. The lowest BCUT2D eigenvalue weighted by molar-refractivity contribution is 0.0965. The third-order valence-electron chi connectivity index (χ3n) is 4.96. The van der Waals surface area contributed by atoms with E-state index in [1.54, 1.807) is 24.1 Å². The molecule has 4 rings (SSSR count). The summed E-state index contributed by atoms with van der Waals surface area (Å²) in [5.74, 6) is 1.23.